The van der Waals surface area contributed by atoms with Gasteiger partial charge in [0.25, 0.3) is 0 Å². The van der Waals surface area contributed by atoms with Crippen molar-refractivity contribution in [3.63, 3.8) is 0 Å². The summed E-state index contributed by atoms with van der Waals surface area (Å²) in [6, 6.07) is 15.6. The molecule has 6 fully saturated rings. The third-order valence-corrected chi connectivity index (χ3v) is 16.3. The Morgan fingerprint density at radius 1 is 0.882 bits per heavy atom. The van der Waals surface area contributed by atoms with Crippen LogP contribution in [0.4, 0.5) is 17.5 Å². The Kier molecular flexibility index (Phi) is 12.3. The summed E-state index contributed by atoms with van der Waals surface area (Å²) < 4.78 is 0. The first-order valence-corrected chi connectivity index (χ1v) is 24.9. The van der Waals surface area contributed by atoms with Gasteiger partial charge in [-0.1, -0.05) is 57.2 Å². The Bertz CT molecular complexity index is 2660. The number of fused-ring (bicyclic) bond motifs is 5. The average Bonchev–Trinajstić information content (AvgIpc) is 4.03. The maximum Gasteiger partial charge on any atom is 0.246 e. The van der Waals surface area contributed by atoms with E-state index in [1.165, 1.54) is 4.90 Å². The minimum atomic E-state index is -0.882. The minimum Gasteiger partial charge on any atom is -0.507 e. The number of amides is 3. The Morgan fingerprint density at radius 2 is 1.60 bits per heavy atom. The number of benzene rings is 2. The van der Waals surface area contributed by atoms with Crippen LogP contribution in [0.1, 0.15) is 88.5 Å². The van der Waals surface area contributed by atoms with E-state index in [0.29, 0.717) is 17.1 Å². The van der Waals surface area contributed by atoms with Crippen molar-refractivity contribution in [2.24, 2.45) is 23.2 Å². The van der Waals surface area contributed by atoms with Crippen LogP contribution < -0.4 is 26.2 Å². The first-order chi connectivity index (χ1) is 32.7. The summed E-state index contributed by atoms with van der Waals surface area (Å²) in [6.07, 6.45) is 8.81. The second-order valence-electron chi connectivity index (χ2n) is 20.7. The van der Waals surface area contributed by atoms with Crippen LogP contribution in [0, 0.1) is 30.1 Å². The highest BCUT2D eigenvalue weighted by atomic mass is 32.1. The van der Waals surface area contributed by atoms with E-state index in [1.54, 1.807) is 23.5 Å². The molecule has 6 aliphatic rings. The predicted octanol–water partition coefficient (Wildman–Crippen LogP) is 5.84. The Hall–Kier alpha value is -6.20. The number of aromatic hydroxyl groups is 1. The average molecular weight is 940 g/mol. The quantitative estimate of drug-likeness (QED) is 0.105. The number of aryl methyl sites for hydroxylation is 1. The van der Waals surface area contributed by atoms with Gasteiger partial charge >= 0.3 is 0 Å². The van der Waals surface area contributed by atoms with E-state index in [0.717, 1.165) is 90.5 Å². The molecule has 2 aromatic carbocycles. The Balaban J connectivity index is 0.757. The highest BCUT2D eigenvalue weighted by Crippen LogP contribution is 2.52. The number of para-hydroxylation sites is 1. The van der Waals surface area contributed by atoms with Crippen LogP contribution >= 0.6 is 11.3 Å². The lowest BCUT2D eigenvalue weighted by Crippen LogP contribution is -2.59. The van der Waals surface area contributed by atoms with Crippen molar-refractivity contribution in [1.29, 1.82) is 0 Å². The van der Waals surface area contributed by atoms with Gasteiger partial charge in [0.15, 0.2) is 5.82 Å². The van der Waals surface area contributed by atoms with Gasteiger partial charge in [-0.25, -0.2) is 15.0 Å². The molecule has 0 spiro atoms. The van der Waals surface area contributed by atoms with Crippen molar-refractivity contribution < 1.29 is 24.6 Å². The number of phenols is 1. The summed E-state index contributed by atoms with van der Waals surface area (Å²) in [5.41, 5.74) is 13.6. The summed E-state index contributed by atoms with van der Waals surface area (Å²) in [4.78, 5) is 63.9. The standard InChI is InChI=1S/C51H61N11O5S/c1-28-44(68-27-56-28)30-11-9-29(10-12-30)21-53-48(66)42-19-36(63)26-61(42)49(67)45(51(2,3)4)57-47(65)39-18-31-13-14-32(39)17-38(31)33-22-54-50(55-23-33)62-34-15-16-35(62)25-60(24-34)41-20-40(58-59-46(41)52)37-7-5-6-8-43(37)64/h5-12,20,22-23,27,31-32,34-36,38-39,42,45,63-64H,13-19,21,24-26H2,1-4H3,(H2,52,59)(H,53,66)(H,57,65)/t31?,32?,34?,35?,36-,38+,39+,42+,45-/m1/s1. The van der Waals surface area contributed by atoms with E-state index in [1.807, 2.05) is 88.1 Å². The highest BCUT2D eigenvalue weighted by Gasteiger charge is 2.49. The number of thiazole rings is 1. The Labute approximate surface area is 400 Å². The smallest absolute Gasteiger partial charge is 0.246 e. The van der Waals surface area contributed by atoms with Crippen molar-refractivity contribution >= 4 is 46.5 Å². The van der Waals surface area contributed by atoms with Crippen LogP contribution in [0.15, 0.2) is 72.5 Å². The molecule has 3 saturated heterocycles. The molecule has 68 heavy (non-hydrogen) atoms. The van der Waals surface area contributed by atoms with Crippen molar-refractivity contribution in [3.8, 4) is 27.4 Å². The number of hydrogen-bond acceptors (Lipinski definition) is 14. The summed E-state index contributed by atoms with van der Waals surface area (Å²) in [6.45, 7) is 9.53. The van der Waals surface area contributed by atoms with Gasteiger partial charge in [0.2, 0.25) is 23.7 Å². The van der Waals surface area contributed by atoms with Gasteiger partial charge in [-0.3, -0.25) is 14.4 Å². The molecule has 16 nitrogen and oxygen atoms in total. The fourth-order valence-corrected chi connectivity index (χ4v) is 12.6. The fraction of sp³-hybridized carbons (Fsp3) is 0.490. The largest absolute Gasteiger partial charge is 0.507 e. The van der Waals surface area contributed by atoms with Crippen LogP contribution in [0.3, 0.4) is 0 Å². The monoisotopic (exact) mass is 939 g/mol. The van der Waals surface area contributed by atoms with Gasteiger partial charge < -0.3 is 41.3 Å². The van der Waals surface area contributed by atoms with Gasteiger partial charge in [-0.2, -0.15) is 0 Å². The predicted molar refractivity (Wildman–Crippen MR) is 260 cm³/mol. The number of hydrogen-bond donors (Lipinski definition) is 5. The first kappa shape index (κ1) is 45.6. The second-order valence-corrected chi connectivity index (χ2v) is 21.6. The minimum absolute atomic E-state index is 0.0254. The lowest BCUT2D eigenvalue weighted by atomic mass is 9.58. The molecular formula is C51H61N11O5S. The van der Waals surface area contributed by atoms with Crippen LogP contribution in [0.25, 0.3) is 21.7 Å². The number of nitrogens with two attached hydrogens (primary N) is 1. The van der Waals surface area contributed by atoms with E-state index in [4.69, 9.17) is 15.7 Å². The van der Waals surface area contributed by atoms with Crippen molar-refractivity contribution in [2.45, 2.75) is 115 Å². The maximum absolute atomic E-state index is 14.5. The topological polar surface area (TPSA) is 216 Å². The van der Waals surface area contributed by atoms with Crippen molar-refractivity contribution in [3.05, 3.63) is 89.3 Å². The number of nitrogen functional groups attached to an aromatic ring is 1. The number of β-amino-alcohol motifs (C(OH)–C–C–N with tert-alkyl or cyclic N) is 1. The number of phenolic OH excluding ortho intramolecular Hbond substituents is 1. The SMILES string of the molecule is Cc1ncsc1-c1ccc(CNC(=O)[C@@H]2C[C@@H](O)CN2C(=O)[C@@H](NC(=O)[C@H]2CC3CCC2C[C@@H]3c2cnc(N3C4CCC3CN(c3cc(-c5ccccc5O)nnc3N)C4)nc2)C(C)(C)C)cc1. The molecule has 6 N–H and O–H groups in total. The molecule has 3 aliphatic heterocycles. The molecule has 17 heteroatoms. The molecule has 3 saturated carbocycles. The number of piperazine rings is 1. The first-order valence-electron chi connectivity index (χ1n) is 24.0. The van der Waals surface area contributed by atoms with Crippen molar-refractivity contribution in [1.82, 2.24) is 40.7 Å². The van der Waals surface area contributed by atoms with Gasteiger partial charge in [-0.05, 0) is 104 Å². The molecule has 356 valence electrons. The molecule has 4 bridgehead atoms. The van der Waals surface area contributed by atoms with Crippen LogP contribution in [0.2, 0.25) is 0 Å². The second kappa shape index (κ2) is 18.4. The number of aromatic nitrogens is 5. The summed E-state index contributed by atoms with van der Waals surface area (Å²) in [5.74, 6) is 0.868. The van der Waals surface area contributed by atoms with Crippen molar-refractivity contribution in [2.75, 3.05) is 35.2 Å². The van der Waals surface area contributed by atoms with Gasteiger partial charge in [0.1, 0.15) is 17.8 Å². The number of aliphatic hydroxyl groups excluding tert-OH is 1. The van der Waals surface area contributed by atoms with E-state index < -0.39 is 23.6 Å². The number of nitrogens with zero attached hydrogens (tertiary/aromatic N) is 8. The fourth-order valence-electron chi connectivity index (χ4n) is 11.7. The molecule has 3 aromatic heterocycles. The van der Waals surface area contributed by atoms with E-state index in [9.17, 15) is 24.6 Å². The molecule has 4 unspecified atom stereocenters. The number of rotatable bonds is 11. The number of carbonyl (C=O) groups is 3. The highest BCUT2D eigenvalue weighted by molar-refractivity contribution is 7.13. The third-order valence-electron chi connectivity index (χ3n) is 15.3. The zero-order valence-electron chi connectivity index (χ0n) is 39.1. The molecule has 6 heterocycles. The number of anilines is 3. The number of nitrogens with one attached hydrogen (secondary N) is 2. The molecule has 11 rings (SSSR count). The van der Waals surface area contributed by atoms with Gasteiger partial charge in [-0.15, -0.1) is 21.5 Å². The Morgan fingerprint density at radius 3 is 2.26 bits per heavy atom. The third kappa shape index (κ3) is 8.86. The summed E-state index contributed by atoms with van der Waals surface area (Å²) in [5, 5.41) is 35.9. The lowest BCUT2D eigenvalue weighted by Gasteiger charge is -2.47. The molecule has 3 aliphatic carbocycles. The van der Waals surface area contributed by atoms with Gasteiger partial charge in [0.05, 0.1) is 33.6 Å². The molecular weight excluding hydrogens is 879 g/mol. The maximum atomic E-state index is 14.5. The van der Waals surface area contributed by atoms with Crippen LogP contribution in [-0.4, -0.2) is 108 Å². The molecule has 9 atom stereocenters. The lowest BCUT2D eigenvalue weighted by molar-refractivity contribution is -0.145. The normalized spacial score (nSPS) is 25.9. The zero-order chi connectivity index (χ0) is 47.4. The van der Waals surface area contributed by atoms with E-state index >= 15 is 0 Å². The number of carbonyl (C=O) groups excluding carboxylic acids is 3. The van der Waals surface area contributed by atoms with Crippen LogP contribution in [0.5, 0.6) is 5.75 Å². The number of aliphatic hydroxyl groups is 1. The number of likely N-dealkylation sites (tertiary alicyclic amines) is 1. The van der Waals surface area contributed by atoms with E-state index in [-0.39, 0.29) is 78.7 Å². The molecule has 5 aromatic rings. The summed E-state index contributed by atoms with van der Waals surface area (Å²) >= 11 is 1.59. The zero-order valence-corrected chi connectivity index (χ0v) is 39.9. The summed E-state index contributed by atoms with van der Waals surface area (Å²) in [7, 11) is 0. The van der Waals surface area contributed by atoms with E-state index in [2.05, 4.69) is 35.6 Å². The molecule has 3 amide bonds. The van der Waals surface area contributed by atoms with Crippen LogP contribution in [-0.2, 0) is 20.9 Å². The van der Waals surface area contributed by atoms with Gasteiger partial charge in [0, 0.05) is 68.6 Å². The molecule has 0 radical (unpaired) electrons.